The van der Waals surface area contributed by atoms with Crippen molar-refractivity contribution in [3.63, 3.8) is 0 Å². The average Bonchev–Trinajstić information content (AvgIpc) is 2.60. The highest BCUT2D eigenvalue weighted by Gasteiger charge is 2.25. The van der Waals surface area contributed by atoms with Crippen molar-refractivity contribution in [1.29, 1.82) is 0 Å². The maximum absolute atomic E-state index is 11.8. The molecule has 2 rings (SSSR count). The smallest absolute Gasteiger partial charge is 0.164 e. The van der Waals surface area contributed by atoms with Crippen LogP contribution >= 0.6 is 0 Å². The minimum atomic E-state index is 0.219. The summed E-state index contributed by atoms with van der Waals surface area (Å²) in [4.78, 5) is 14.0. The second-order valence-electron chi connectivity index (χ2n) is 6.48. The number of ketones is 1. The number of nitrogens with zero attached hydrogens (tertiary/aromatic N) is 2. The summed E-state index contributed by atoms with van der Waals surface area (Å²) in [5, 5.41) is 0. The predicted molar refractivity (Wildman–Crippen MR) is 74.0 cm³/mol. The molecular formula is C15H24N2O. The summed E-state index contributed by atoms with van der Waals surface area (Å²) >= 11 is 0. The molecule has 0 spiro atoms. The molecular weight excluding hydrogens is 224 g/mol. The fourth-order valence-electron chi connectivity index (χ4n) is 3.10. The van der Waals surface area contributed by atoms with Crippen molar-refractivity contribution in [2.45, 2.75) is 39.7 Å². The maximum atomic E-state index is 11.8. The number of carbonyl (C=O) groups is 1. The van der Waals surface area contributed by atoms with Crippen LogP contribution in [0.1, 0.15) is 42.7 Å². The van der Waals surface area contributed by atoms with Crippen LogP contribution in [0, 0.1) is 5.41 Å². The number of rotatable bonds is 4. The summed E-state index contributed by atoms with van der Waals surface area (Å²) in [6, 6.07) is 2.00. The molecule has 0 aromatic carbocycles. The molecule has 1 aromatic rings. The van der Waals surface area contributed by atoms with E-state index in [2.05, 4.69) is 43.6 Å². The molecule has 18 heavy (non-hydrogen) atoms. The lowest BCUT2D eigenvalue weighted by Gasteiger charge is -2.30. The molecule has 1 aliphatic carbocycles. The molecule has 0 fully saturated rings. The fraction of sp³-hybridized carbons (Fsp3) is 0.667. The second-order valence-corrected chi connectivity index (χ2v) is 6.48. The molecule has 0 atom stereocenters. The van der Waals surface area contributed by atoms with Gasteiger partial charge >= 0.3 is 0 Å². The lowest BCUT2D eigenvalue weighted by molar-refractivity contribution is 0.0971. The fourth-order valence-corrected chi connectivity index (χ4v) is 3.10. The quantitative estimate of drug-likeness (QED) is 0.818. The summed E-state index contributed by atoms with van der Waals surface area (Å²) in [6.07, 6.45) is 4.86. The lowest BCUT2D eigenvalue weighted by atomic mass is 9.92. The first-order valence-electron chi connectivity index (χ1n) is 6.75. The molecule has 0 bridgehead atoms. The molecule has 0 unspecified atom stereocenters. The van der Waals surface area contributed by atoms with E-state index in [0.29, 0.717) is 5.78 Å². The van der Waals surface area contributed by atoms with E-state index >= 15 is 0 Å². The second kappa shape index (κ2) is 4.88. The first kappa shape index (κ1) is 13.3. The van der Waals surface area contributed by atoms with Gasteiger partial charge in [0.2, 0.25) is 0 Å². The molecule has 1 aliphatic rings. The van der Waals surface area contributed by atoms with Crippen LogP contribution < -0.4 is 0 Å². The molecule has 1 aromatic heterocycles. The van der Waals surface area contributed by atoms with Gasteiger partial charge in [0.25, 0.3) is 0 Å². The van der Waals surface area contributed by atoms with E-state index < -0.39 is 0 Å². The first-order valence-corrected chi connectivity index (χ1v) is 6.75. The van der Waals surface area contributed by atoms with Crippen molar-refractivity contribution in [1.82, 2.24) is 9.47 Å². The highest BCUT2D eigenvalue weighted by molar-refractivity contribution is 5.98. The number of fused-ring (bicyclic) bond motifs is 1. The third kappa shape index (κ3) is 2.83. The van der Waals surface area contributed by atoms with Crippen molar-refractivity contribution in [2.24, 2.45) is 5.41 Å². The van der Waals surface area contributed by atoms with Gasteiger partial charge in [0, 0.05) is 37.0 Å². The Bertz CT molecular complexity index is 443. The van der Waals surface area contributed by atoms with Crippen LogP contribution in [0.3, 0.4) is 0 Å². The van der Waals surface area contributed by atoms with Gasteiger partial charge in [0.15, 0.2) is 5.78 Å². The van der Waals surface area contributed by atoms with Gasteiger partial charge in [-0.05, 0) is 38.4 Å². The normalized spacial score (nSPS) is 16.2. The van der Waals surface area contributed by atoms with Crippen LogP contribution in [0.2, 0.25) is 0 Å². The van der Waals surface area contributed by atoms with Gasteiger partial charge in [-0.15, -0.1) is 0 Å². The molecule has 0 amide bonds. The van der Waals surface area contributed by atoms with E-state index in [9.17, 15) is 4.79 Å². The summed E-state index contributed by atoms with van der Waals surface area (Å²) in [7, 11) is 4.22. The zero-order valence-electron chi connectivity index (χ0n) is 12.0. The SMILES string of the molecule is CN(C)CC(C)(C)Cn1ccc2c1CCCC2=O. The molecule has 0 saturated heterocycles. The number of aromatic nitrogens is 1. The van der Waals surface area contributed by atoms with E-state index in [1.807, 2.05) is 6.07 Å². The Balaban J connectivity index is 2.18. The molecule has 0 N–H and O–H groups in total. The Labute approximate surface area is 110 Å². The zero-order valence-corrected chi connectivity index (χ0v) is 12.0. The van der Waals surface area contributed by atoms with Gasteiger partial charge in [-0.1, -0.05) is 13.8 Å². The third-order valence-corrected chi connectivity index (χ3v) is 3.54. The van der Waals surface area contributed by atoms with Crippen LogP contribution in [-0.2, 0) is 13.0 Å². The van der Waals surface area contributed by atoms with Gasteiger partial charge in [-0.2, -0.15) is 0 Å². The van der Waals surface area contributed by atoms with E-state index in [1.54, 1.807) is 0 Å². The van der Waals surface area contributed by atoms with Crippen molar-refractivity contribution in [3.05, 3.63) is 23.5 Å². The monoisotopic (exact) mass is 248 g/mol. The summed E-state index contributed by atoms with van der Waals surface area (Å²) in [5.74, 6) is 0.320. The topological polar surface area (TPSA) is 25.2 Å². The van der Waals surface area contributed by atoms with E-state index in [-0.39, 0.29) is 5.41 Å². The number of Topliss-reactive ketones (excluding diaryl/α,β-unsaturated/α-hetero) is 1. The largest absolute Gasteiger partial charge is 0.350 e. The molecule has 1 heterocycles. The Morgan fingerprint density at radius 1 is 1.33 bits per heavy atom. The van der Waals surface area contributed by atoms with Crippen LogP contribution in [0.25, 0.3) is 0 Å². The minimum absolute atomic E-state index is 0.219. The standard InChI is InChI=1S/C15H24N2O/c1-15(2,10-16(3)4)11-17-9-8-12-13(17)6-5-7-14(12)18/h8-9H,5-7,10-11H2,1-4H3. The van der Waals surface area contributed by atoms with Crippen molar-refractivity contribution >= 4 is 5.78 Å². The lowest BCUT2D eigenvalue weighted by Crippen LogP contribution is -2.33. The number of carbonyl (C=O) groups excluding carboxylic acids is 1. The van der Waals surface area contributed by atoms with Gasteiger partial charge in [0.05, 0.1) is 0 Å². The van der Waals surface area contributed by atoms with Gasteiger partial charge in [-0.25, -0.2) is 0 Å². The molecule has 3 heteroatoms. The van der Waals surface area contributed by atoms with Crippen LogP contribution in [0.15, 0.2) is 12.3 Å². The Morgan fingerprint density at radius 2 is 2.06 bits per heavy atom. The van der Waals surface area contributed by atoms with Gasteiger partial charge in [0.1, 0.15) is 0 Å². The molecule has 3 nitrogen and oxygen atoms in total. The summed E-state index contributed by atoms with van der Waals surface area (Å²) < 4.78 is 2.29. The summed E-state index contributed by atoms with van der Waals surface area (Å²) in [6.45, 7) is 6.59. The molecule has 0 saturated carbocycles. The van der Waals surface area contributed by atoms with Crippen LogP contribution in [0.4, 0.5) is 0 Å². The van der Waals surface area contributed by atoms with Crippen molar-refractivity contribution in [3.8, 4) is 0 Å². The molecule has 0 aliphatic heterocycles. The highest BCUT2D eigenvalue weighted by Crippen LogP contribution is 2.26. The third-order valence-electron chi connectivity index (χ3n) is 3.54. The molecule has 0 radical (unpaired) electrons. The Hall–Kier alpha value is -1.09. The average molecular weight is 248 g/mol. The van der Waals surface area contributed by atoms with Crippen molar-refractivity contribution in [2.75, 3.05) is 20.6 Å². The van der Waals surface area contributed by atoms with E-state index in [1.165, 1.54) is 5.69 Å². The minimum Gasteiger partial charge on any atom is -0.350 e. The van der Waals surface area contributed by atoms with Gasteiger partial charge < -0.3 is 9.47 Å². The van der Waals surface area contributed by atoms with Crippen molar-refractivity contribution < 1.29 is 4.79 Å². The zero-order chi connectivity index (χ0) is 13.3. The predicted octanol–water partition coefficient (Wildman–Crippen LogP) is 2.59. The van der Waals surface area contributed by atoms with Gasteiger partial charge in [-0.3, -0.25) is 4.79 Å². The van der Waals surface area contributed by atoms with E-state index in [4.69, 9.17) is 0 Å². The Kier molecular flexibility index (Phi) is 3.62. The van der Waals surface area contributed by atoms with Crippen LogP contribution in [-0.4, -0.2) is 35.9 Å². The number of hydrogen-bond acceptors (Lipinski definition) is 2. The van der Waals surface area contributed by atoms with E-state index in [0.717, 1.165) is 37.9 Å². The van der Waals surface area contributed by atoms with Crippen LogP contribution in [0.5, 0.6) is 0 Å². The summed E-state index contributed by atoms with van der Waals surface area (Å²) in [5.41, 5.74) is 2.43. The number of hydrogen-bond donors (Lipinski definition) is 0. The first-order chi connectivity index (χ1) is 8.39. The maximum Gasteiger partial charge on any atom is 0.164 e. The highest BCUT2D eigenvalue weighted by atomic mass is 16.1. The Morgan fingerprint density at radius 3 is 2.72 bits per heavy atom. The molecule has 100 valence electrons.